The first kappa shape index (κ1) is 17.5. The van der Waals surface area contributed by atoms with Gasteiger partial charge < -0.3 is 10.6 Å². The number of nitrogens with zero attached hydrogens (tertiary/aromatic N) is 1. The number of amides is 1. The van der Waals surface area contributed by atoms with E-state index in [1.165, 1.54) is 12.8 Å². The fourth-order valence-electron chi connectivity index (χ4n) is 3.18. The van der Waals surface area contributed by atoms with Crippen molar-refractivity contribution < 1.29 is 4.79 Å². The third-order valence-electron chi connectivity index (χ3n) is 4.82. The minimum absolute atomic E-state index is 0.243. The summed E-state index contributed by atoms with van der Waals surface area (Å²) in [7, 11) is 0. The van der Waals surface area contributed by atoms with E-state index in [4.69, 9.17) is 5.73 Å². The van der Waals surface area contributed by atoms with Gasteiger partial charge in [0.05, 0.1) is 0 Å². The van der Waals surface area contributed by atoms with E-state index in [0.717, 1.165) is 44.8 Å². The van der Waals surface area contributed by atoms with E-state index < -0.39 is 0 Å². The van der Waals surface area contributed by atoms with Crippen molar-refractivity contribution in [1.29, 1.82) is 0 Å². The van der Waals surface area contributed by atoms with E-state index in [1.54, 1.807) is 0 Å². The van der Waals surface area contributed by atoms with E-state index in [1.807, 2.05) is 0 Å². The highest BCUT2D eigenvalue weighted by Gasteiger charge is 2.26. The molecule has 0 spiro atoms. The lowest BCUT2D eigenvalue weighted by Gasteiger charge is -2.31. The minimum atomic E-state index is 0.243. The molecule has 3 heteroatoms. The van der Waals surface area contributed by atoms with Gasteiger partial charge in [-0.3, -0.25) is 4.79 Å². The quantitative estimate of drug-likeness (QED) is 0.839. The summed E-state index contributed by atoms with van der Waals surface area (Å²) in [6.45, 7) is 11.7. The predicted octanol–water partition coefficient (Wildman–Crippen LogP) is 3.43. The summed E-state index contributed by atoms with van der Waals surface area (Å²) in [4.78, 5) is 14.5. The van der Waals surface area contributed by atoms with Gasteiger partial charge in [0.15, 0.2) is 0 Å². The van der Waals surface area contributed by atoms with E-state index in [2.05, 4.69) is 32.6 Å². The Balaban J connectivity index is 2.44. The highest BCUT2D eigenvalue weighted by atomic mass is 16.2. The van der Waals surface area contributed by atoms with Crippen LogP contribution in [0.4, 0.5) is 0 Å². The van der Waals surface area contributed by atoms with Gasteiger partial charge in [0.25, 0.3) is 0 Å². The first-order chi connectivity index (χ1) is 9.34. The molecule has 3 nitrogen and oxygen atoms in total. The maximum atomic E-state index is 12.4. The highest BCUT2D eigenvalue weighted by molar-refractivity contribution is 5.76. The normalized spacial score (nSPS) is 22.4. The molecule has 0 aromatic carbocycles. The Labute approximate surface area is 125 Å². The molecule has 0 bridgehead atoms. The molecule has 1 amide bonds. The summed E-state index contributed by atoms with van der Waals surface area (Å²) in [5, 5.41) is 0. The Bertz CT molecular complexity index is 296. The zero-order valence-electron chi connectivity index (χ0n) is 14.0. The molecule has 118 valence electrons. The summed E-state index contributed by atoms with van der Waals surface area (Å²) in [6, 6.07) is 0. The van der Waals surface area contributed by atoms with Crippen LogP contribution in [0.3, 0.4) is 0 Å². The van der Waals surface area contributed by atoms with E-state index in [-0.39, 0.29) is 5.41 Å². The number of rotatable bonds is 5. The van der Waals surface area contributed by atoms with Crippen LogP contribution in [-0.4, -0.2) is 30.4 Å². The smallest absolute Gasteiger partial charge is 0.222 e. The molecule has 1 rings (SSSR count). The molecule has 20 heavy (non-hydrogen) atoms. The summed E-state index contributed by atoms with van der Waals surface area (Å²) < 4.78 is 0. The molecule has 1 aliphatic heterocycles. The minimum Gasteiger partial charge on any atom is -0.343 e. The second-order valence-corrected chi connectivity index (χ2v) is 7.60. The molecule has 0 aromatic heterocycles. The molecule has 2 unspecified atom stereocenters. The molecule has 1 heterocycles. The number of likely N-dealkylation sites (tertiary alicyclic amines) is 1. The van der Waals surface area contributed by atoms with E-state index in [9.17, 15) is 4.79 Å². The number of hydrogen-bond acceptors (Lipinski definition) is 2. The third-order valence-corrected chi connectivity index (χ3v) is 4.82. The molecule has 0 radical (unpaired) electrons. The monoisotopic (exact) mass is 282 g/mol. The Hall–Kier alpha value is -0.570. The average molecular weight is 282 g/mol. The van der Waals surface area contributed by atoms with Crippen LogP contribution in [0, 0.1) is 17.3 Å². The molecule has 1 fully saturated rings. The van der Waals surface area contributed by atoms with Crippen molar-refractivity contribution in [3.8, 4) is 0 Å². The second kappa shape index (κ2) is 8.02. The lowest BCUT2D eigenvalue weighted by molar-refractivity contribution is -0.131. The van der Waals surface area contributed by atoms with Gasteiger partial charge in [-0.25, -0.2) is 0 Å². The zero-order valence-corrected chi connectivity index (χ0v) is 14.0. The fraction of sp³-hybridized carbons (Fsp3) is 0.941. The van der Waals surface area contributed by atoms with Crippen LogP contribution < -0.4 is 5.73 Å². The Morgan fingerprint density at radius 2 is 1.95 bits per heavy atom. The van der Waals surface area contributed by atoms with E-state index in [0.29, 0.717) is 18.2 Å². The van der Waals surface area contributed by atoms with Crippen LogP contribution in [0.25, 0.3) is 0 Å². The predicted molar refractivity (Wildman–Crippen MR) is 85.4 cm³/mol. The number of nitrogens with two attached hydrogens (primary N) is 1. The topological polar surface area (TPSA) is 46.3 Å². The van der Waals surface area contributed by atoms with Gasteiger partial charge in [-0.15, -0.1) is 0 Å². The average Bonchev–Trinajstić information content (AvgIpc) is 2.57. The number of carbonyl (C=O) groups is 1. The van der Waals surface area contributed by atoms with Crippen LogP contribution in [0.5, 0.6) is 0 Å². The number of carbonyl (C=O) groups excluding carboxylic acids is 1. The van der Waals surface area contributed by atoms with Gasteiger partial charge in [0.1, 0.15) is 0 Å². The fourth-order valence-corrected chi connectivity index (χ4v) is 3.18. The SMILES string of the molecule is CC1CCCN(C(=O)CCC(CCN)C(C)(C)C)CC1. The lowest BCUT2D eigenvalue weighted by atomic mass is 9.76. The van der Waals surface area contributed by atoms with Gasteiger partial charge in [-0.05, 0) is 55.9 Å². The van der Waals surface area contributed by atoms with Crippen molar-refractivity contribution in [1.82, 2.24) is 4.90 Å². The summed E-state index contributed by atoms with van der Waals surface area (Å²) in [5.74, 6) is 1.67. The van der Waals surface area contributed by atoms with E-state index >= 15 is 0 Å². The van der Waals surface area contributed by atoms with Gasteiger partial charge in [0.2, 0.25) is 5.91 Å². The molecule has 1 saturated heterocycles. The molecule has 0 saturated carbocycles. The van der Waals surface area contributed by atoms with Crippen LogP contribution in [-0.2, 0) is 4.79 Å². The molecular formula is C17H34N2O. The first-order valence-electron chi connectivity index (χ1n) is 8.32. The molecular weight excluding hydrogens is 248 g/mol. The van der Waals surface area contributed by atoms with Gasteiger partial charge >= 0.3 is 0 Å². The van der Waals surface area contributed by atoms with Crippen LogP contribution in [0.1, 0.15) is 66.2 Å². The van der Waals surface area contributed by atoms with Crippen molar-refractivity contribution in [3.63, 3.8) is 0 Å². The van der Waals surface area contributed by atoms with Gasteiger partial charge in [0, 0.05) is 19.5 Å². The van der Waals surface area contributed by atoms with Crippen molar-refractivity contribution in [2.24, 2.45) is 23.0 Å². The standard InChI is InChI=1S/C17H34N2O/c1-14-6-5-12-19(13-10-14)16(20)8-7-15(9-11-18)17(2,3)4/h14-15H,5-13,18H2,1-4H3. The maximum Gasteiger partial charge on any atom is 0.222 e. The Kier molecular flexibility index (Phi) is 7.01. The summed E-state index contributed by atoms with van der Waals surface area (Å²) >= 11 is 0. The third kappa shape index (κ3) is 5.82. The second-order valence-electron chi connectivity index (χ2n) is 7.60. The van der Waals surface area contributed by atoms with Crippen molar-refractivity contribution in [2.45, 2.75) is 66.2 Å². The first-order valence-corrected chi connectivity index (χ1v) is 8.32. The molecule has 2 N–H and O–H groups in total. The van der Waals surface area contributed by atoms with Crippen LogP contribution >= 0.6 is 0 Å². The van der Waals surface area contributed by atoms with Crippen molar-refractivity contribution >= 4 is 5.91 Å². The zero-order chi connectivity index (χ0) is 15.2. The van der Waals surface area contributed by atoms with Gasteiger partial charge in [-0.1, -0.05) is 27.7 Å². The lowest BCUT2D eigenvalue weighted by Crippen LogP contribution is -2.33. The van der Waals surface area contributed by atoms with Crippen molar-refractivity contribution in [3.05, 3.63) is 0 Å². The maximum absolute atomic E-state index is 12.4. The molecule has 1 aliphatic rings. The molecule has 0 aliphatic carbocycles. The highest BCUT2D eigenvalue weighted by Crippen LogP contribution is 2.32. The van der Waals surface area contributed by atoms with Gasteiger partial charge in [-0.2, -0.15) is 0 Å². The Morgan fingerprint density at radius 3 is 2.55 bits per heavy atom. The number of hydrogen-bond donors (Lipinski definition) is 1. The molecule has 2 atom stereocenters. The summed E-state index contributed by atoms with van der Waals surface area (Å²) in [6.07, 6.45) is 6.28. The largest absolute Gasteiger partial charge is 0.343 e. The van der Waals surface area contributed by atoms with Crippen LogP contribution in [0.15, 0.2) is 0 Å². The van der Waals surface area contributed by atoms with Crippen LogP contribution in [0.2, 0.25) is 0 Å². The van der Waals surface area contributed by atoms with Crippen molar-refractivity contribution in [2.75, 3.05) is 19.6 Å². The molecule has 0 aromatic rings. The Morgan fingerprint density at radius 1 is 1.25 bits per heavy atom. The summed E-state index contributed by atoms with van der Waals surface area (Å²) in [5.41, 5.74) is 5.96.